The molecule has 8 rings (SSSR count). The molecule has 16 heteroatoms. The summed E-state index contributed by atoms with van der Waals surface area (Å²) in [6.45, 7) is 19.7. The first-order valence-corrected chi connectivity index (χ1v) is 32.9. The second-order valence-electron chi connectivity index (χ2n) is 18.8. The second kappa shape index (κ2) is 37.0. The van der Waals surface area contributed by atoms with E-state index in [1.54, 1.807) is 59.8 Å². The minimum absolute atomic E-state index is 0.106. The summed E-state index contributed by atoms with van der Waals surface area (Å²) in [5.41, 5.74) is -0.291. The van der Waals surface area contributed by atoms with E-state index in [-0.39, 0.29) is 27.3 Å². The van der Waals surface area contributed by atoms with E-state index in [0.29, 0.717) is 16.5 Å². The molecule has 2 heterocycles. The summed E-state index contributed by atoms with van der Waals surface area (Å²) >= 11 is 3.07. The number of ether oxygens (including phenoxy) is 4. The fourth-order valence-electron chi connectivity index (χ4n) is 7.10. The van der Waals surface area contributed by atoms with Crippen LogP contribution in [0.4, 0.5) is 9.59 Å². The molecule has 8 aromatic rings. The number of esters is 2. The van der Waals surface area contributed by atoms with Gasteiger partial charge in [0.05, 0.1) is 18.7 Å². The molecule has 0 spiro atoms. The Balaban J connectivity index is 0.000000273. The van der Waals surface area contributed by atoms with E-state index < -0.39 is 51.2 Å². The van der Waals surface area contributed by atoms with Gasteiger partial charge in [0.15, 0.2) is 5.69 Å². The number of rotatable bonds is 11. The van der Waals surface area contributed by atoms with Crippen LogP contribution in [-0.2, 0) is 41.3 Å². The molecule has 6 aromatic carbocycles. The minimum Gasteiger partial charge on any atom is -0.0622 e. The Labute approximate surface area is 506 Å². The van der Waals surface area contributed by atoms with Crippen molar-refractivity contribution in [2.75, 3.05) is 14.2 Å². The molecule has 0 atom stereocenters. The van der Waals surface area contributed by atoms with Crippen molar-refractivity contribution in [1.29, 1.82) is 0 Å². The van der Waals surface area contributed by atoms with Crippen molar-refractivity contribution in [3.63, 3.8) is 0 Å². The average molecular weight is 1330 g/mol. The quantitative estimate of drug-likeness (QED) is 0.0413. The van der Waals surface area contributed by atoms with Crippen molar-refractivity contribution in [3.8, 4) is 0 Å². The van der Waals surface area contributed by atoms with Gasteiger partial charge >= 0.3 is 59.1 Å². The number of hydrogen-bond acceptors (Lipinski definition) is 8. The summed E-state index contributed by atoms with van der Waals surface area (Å²) < 4.78 is 22.5. The van der Waals surface area contributed by atoms with Gasteiger partial charge in [-0.2, -0.15) is 0 Å². The third-order valence-electron chi connectivity index (χ3n) is 10.5. The van der Waals surface area contributed by atoms with Crippen LogP contribution in [0.5, 0.6) is 0 Å². The van der Waals surface area contributed by atoms with Crippen LogP contribution in [-0.4, -0.2) is 58.7 Å². The summed E-state index contributed by atoms with van der Waals surface area (Å²) in [6.07, 6.45) is 6.80. The molecule has 0 saturated carbocycles. The Kier molecular flexibility index (Phi) is 31.6. The summed E-state index contributed by atoms with van der Waals surface area (Å²) in [5, 5.41) is 8.39. The third kappa shape index (κ3) is 24.1. The van der Waals surface area contributed by atoms with Crippen molar-refractivity contribution in [2.45, 2.75) is 72.5 Å². The standard InChI is InChI=1S/2C18H15P.C14H19NO4.C11H14BrNO4.C4H8.2ClH.Pd/c2*1-4-10-16(11-5-1)19(17-12-6-2-7-13-17)18-14-8-3-9-15-18;1-6-7-10-8-9-15(11(10)12(16)18-5)13(17)19-14(2,3)4;1-11(2,3)17-10(15)13-6-5-7(12)8(13)9(14)16-4;1-3-4-2;;;/h2*1-15H;6,8-9H,1,7H2,2-5H3;5-6H,1-4H3;3H,1,4H2,2H3;2*1H;/q;;;;;;;+2/p-2. The van der Waals surface area contributed by atoms with Crippen molar-refractivity contribution in [3.05, 3.63) is 253 Å². The summed E-state index contributed by atoms with van der Waals surface area (Å²) in [6, 6.07) is 67.9. The monoisotopic (exact) mass is 1320 g/mol. The van der Waals surface area contributed by atoms with E-state index in [2.05, 4.69) is 223 Å². The number of methoxy groups -OCH3 is 2. The molecule has 10 nitrogen and oxygen atoms in total. The molecular formula is C65H71BrCl2N2O8P2Pd. The number of allylic oxidation sites excluding steroid dienone is 2. The maximum atomic E-state index is 12.0. The predicted octanol–water partition coefficient (Wildman–Crippen LogP) is 15.5. The molecule has 0 bridgehead atoms. The van der Waals surface area contributed by atoms with Gasteiger partial charge in [0.2, 0.25) is 0 Å². The first kappa shape index (κ1) is 69.1. The summed E-state index contributed by atoms with van der Waals surface area (Å²) in [4.78, 5) is 47.1. The first-order chi connectivity index (χ1) is 38.8. The molecule has 0 unspecified atom stereocenters. The van der Waals surface area contributed by atoms with Crippen molar-refractivity contribution in [2.24, 2.45) is 0 Å². The van der Waals surface area contributed by atoms with Gasteiger partial charge in [-0.05, 0) is 136 Å². The molecule has 0 aliphatic heterocycles. The Morgan fingerprint density at radius 2 is 0.753 bits per heavy atom. The Morgan fingerprint density at radius 3 is 1.00 bits per heavy atom. The second-order valence-corrected chi connectivity index (χ2v) is 26.5. The van der Waals surface area contributed by atoms with Gasteiger partial charge in [0.25, 0.3) is 0 Å². The SMILES string of the molecule is C=CCC.C=CCc1ccn(C(=O)OC(C)(C)C)c1C(=O)OC.COC(=O)c1c(Br)ccn1C(=O)OC(C)(C)C.[Cl][Pd][Cl].c1ccc(P(c2ccccc2)c2ccccc2)cc1.c1ccc(P(c2ccccc2)c2ccccc2)cc1. The van der Waals surface area contributed by atoms with Crippen molar-refractivity contribution >= 4 is 107 Å². The van der Waals surface area contributed by atoms with Gasteiger partial charge in [-0.3, -0.25) is 0 Å². The van der Waals surface area contributed by atoms with Crippen LogP contribution in [0, 0.1) is 0 Å². The largest absolute Gasteiger partial charge is 0.0622 e. The van der Waals surface area contributed by atoms with E-state index in [4.69, 9.17) is 33.3 Å². The van der Waals surface area contributed by atoms with Crippen LogP contribution in [0.3, 0.4) is 0 Å². The molecule has 0 amide bonds. The molecule has 81 heavy (non-hydrogen) atoms. The Hall–Kier alpha value is -6.18. The van der Waals surface area contributed by atoms with E-state index >= 15 is 0 Å². The molecule has 0 fully saturated rings. The average Bonchev–Trinajstić information content (AvgIpc) is 4.18. The fourth-order valence-corrected chi connectivity index (χ4v) is 12.2. The van der Waals surface area contributed by atoms with Gasteiger partial charge < -0.3 is 18.9 Å². The molecular weight excluding hydrogens is 1260 g/mol. The van der Waals surface area contributed by atoms with Crippen molar-refractivity contribution in [1.82, 2.24) is 9.13 Å². The molecule has 0 aliphatic carbocycles. The number of halogens is 3. The fraction of sp³-hybridized carbons (Fsp3) is 0.200. The van der Waals surface area contributed by atoms with E-state index in [9.17, 15) is 19.2 Å². The number of aromatic nitrogens is 2. The van der Waals surface area contributed by atoms with Crippen LogP contribution in [0.15, 0.2) is 236 Å². The number of carbonyl (C=O) groups is 4. The van der Waals surface area contributed by atoms with Gasteiger partial charge in [0, 0.05) is 12.4 Å². The molecule has 2 aromatic heterocycles. The van der Waals surface area contributed by atoms with E-state index in [1.807, 2.05) is 6.08 Å². The maximum absolute atomic E-state index is 12.0. The number of benzene rings is 6. The van der Waals surface area contributed by atoms with E-state index in [1.165, 1.54) is 58.4 Å². The molecule has 0 aliphatic rings. The zero-order valence-electron chi connectivity index (χ0n) is 47.1. The summed E-state index contributed by atoms with van der Waals surface area (Å²) in [5.74, 6) is -1.18. The predicted molar refractivity (Wildman–Crippen MR) is 339 cm³/mol. The number of carbonyl (C=O) groups excluding carboxylic acids is 4. The van der Waals surface area contributed by atoms with Gasteiger partial charge in [-0.15, -0.1) is 13.2 Å². The summed E-state index contributed by atoms with van der Waals surface area (Å²) in [7, 11) is 11.3. The van der Waals surface area contributed by atoms with E-state index in [0.717, 1.165) is 15.6 Å². The number of hydrogen-bond donors (Lipinski definition) is 0. The number of nitrogens with zero attached hydrogens (tertiary/aromatic N) is 2. The molecule has 0 N–H and O–H groups in total. The van der Waals surface area contributed by atoms with Crippen molar-refractivity contribution < 1.29 is 54.1 Å². The van der Waals surface area contributed by atoms with Crippen LogP contribution in [0.1, 0.15) is 81.4 Å². The van der Waals surface area contributed by atoms with Crippen LogP contribution < -0.4 is 31.8 Å². The maximum Gasteiger partial charge on any atom is -0.0134 e. The third-order valence-corrected chi connectivity index (χ3v) is 16.0. The van der Waals surface area contributed by atoms with Crippen LogP contribution >= 0.6 is 50.8 Å². The first-order valence-electron chi connectivity index (χ1n) is 25.4. The Bertz CT molecular complexity index is 2820. The molecule has 0 saturated heterocycles. The minimum atomic E-state index is -0.632. The van der Waals surface area contributed by atoms with Crippen LogP contribution in [0.25, 0.3) is 0 Å². The van der Waals surface area contributed by atoms with Gasteiger partial charge in [-0.25, -0.2) is 28.3 Å². The zero-order valence-corrected chi connectivity index (χ0v) is 53.6. The van der Waals surface area contributed by atoms with Crippen LogP contribution in [0.2, 0.25) is 0 Å². The smallest absolute Gasteiger partial charge is 0.0134 e. The van der Waals surface area contributed by atoms with Gasteiger partial charge in [-0.1, -0.05) is 201 Å². The normalized spacial score (nSPS) is 10.4. The van der Waals surface area contributed by atoms with Gasteiger partial charge in [0.1, 0.15) is 16.9 Å². The molecule has 0 radical (unpaired) electrons. The zero-order chi connectivity index (χ0) is 59.8. The molecule has 430 valence electrons. The topological polar surface area (TPSA) is 115 Å². The Morgan fingerprint density at radius 1 is 0.494 bits per heavy atom.